The van der Waals surface area contributed by atoms with Crippen molar-refractivity contribution < 1.29 is 19.2 Å². The maximum absolute atomic E-state index is 12.9. The predicted molar refractivity (Wildman–Crippen MR) is 89.9 cm³/mol. The Morgan fingerprint density at radius 1 is 1.08 bits per heavy atom. The number of carbonyl (C=O) groups excluding carboxylic acids is 4. The number of nitrogens with zero attached hydrogens (tertiary/aromatic N) is 1. The van der Waals surface area contributed by atoms with Gasteiger partial charge in [0.2, 0.25) is 11.8 Å². The number of carbonyl (C=O) groups is 4. The van der Waals surface area contributed by atoms with Crippen LogP contribution in [0.3, 0.4) is 0 Å². The standard InChI is InChI=1S/C18H23N3O4/c19-10-3-1-2-5-11-6-4-7-12-15(11)18(25)21(17(12)24)13-8-9-14(22)20-16(13)23/h6,13H,1-5,7-10,19H2,(H,20,22,23). The van der Waals surface area contributed by atoms with Gasteiger partial charge in [-0.25, -0.2) is 0 Å². The quantitative estimate of drug-likeness (QED) is 0.544. The molecule has 25 heavy (non-hydrogen) atoms. The molecule has 3 rings (SSSR count). The fourth-order valence-electron chi connectivity index (χ4n) is 3.73. The molecule has 2 heterocycles. The largest absolute Gasteiger partial charge is 0.330 e. The average Bonchev–Trinajstić information content (AvgIpc) is 2.84. The molecule has 0 radical (unpaired) electrons. The summed E-state index contributed by atoms with van der Waals surface area (Å²) >= 11 is 0. The first-order valence-corrected chi connectivity index (χ1v) is 8.88. The summed E-state index contributed by atoms with van der Waals surface area (Å²) in [6.45, 7) is 0.647. The van der Waals surface area contributed by atoms with Crippen molar-refractivity contribution in [1.29, 1.82) is 0 Å². The van der Waals surface area contributed by atoms with Crippen molar-refractivity contribution in [1.82, 2.24) is 10.2 Å². The summed E-state index contributed by atoms with van der Waals surface area (Å²) < 4.78 is 0. The maximum Gasteiger partial charge on any atom is 0.262 e. The van der Waals surface area contributed by atoms with E-state index in [2.05, 4.69) is 5.32 Å². The van der Waals surface area contributed by atoms with Crippen LogP contribution in [0.5, 0.6) is 0 Å². The first-order chi connectivity index (χ1) is 12.0. The summed E-state index contributed by atoms with van der Waals surface area (Å²) in [4.78, 5) is 50.1. The van der Waals surface area contributed by atoms with Crippen molar-refractivity contribution in [3.05, 3.63) is 22.8 Å². The number of imide groups is 2. The number of hydrogen-bond acceptors (Lipinski definition) is 5. The van der Waals surface area contributed by atoms with Crippen LogP contribution in [-0.2, 0) is 19.2 Å². The Balaban J connectivity index is 1.77. The molecular formula is C18H23N3O4. The summed E-state index contributed by atoms with van der Waals surface area (Å²) in [6, 6.07) is -0.887. The van der Waals surface area contributed by atoms with Gasteiger partial charge in [0.15, 0.2) is 0 Å². The van der Waals surface area contributed by atoms with Crippen LogP contribution in [0.15, 0.2) is 22.8 Å². The lowest BCUT2D eigenvalue weighted by Gasteiger charge is -2.28. The highest BCUT2D eigenvalue weighted by Crippen LogP contribution is 2.37. The second-order valence-corrected chi connectivity index (χ2v) is 6.67. The van der Waals surface area contributed by atoms with Crippen molar-refractivity contribution in [3.8, 4) is 0 Å². The summed E-state index contributed by atoms with van der Waals surface area (Å²) in [6.07, 6.45) is 7.19. The molecule has 3 aliphatic rings. The van der Waals surface area contributed by atoms with Gasteiger partial charge in [-0.2, -0.15) is 0 Å². The highest BCUT2D eigenvalue weighted by Gasteiger charge is 2.46. The molecule has 0 spiro atoms. The van der Waals surface area contributed by atoms with E-state index in [1.165, 1.54) is 0 Å². The fraction of sp³-hybridized carbons (Fsp3) is 0.556. The molecule has 1 aliphatic carbocycles. The molecular weight excluding hydrogens is 322 g/mol. The lowest BCUT2D eigenvalue weighted by molar-refractivity contribution is -0.150. The van der Waals surface area contributed by atoms with E-state index in [0.29, 0.717) is 24.1 Å². The van der Waals surface area contributed by atoms with Gasteiger partial charge in [-0.3, -0.25) is 29.4 Å². The van der Waals surface area contributed by atoms with E-state index in [9.17, 15) is 19.2 Å². The Kier molecular flexibility index (Phi) is 5.13. The van der Waals surface area contributed by atoms with E-state index in [1.807, 2.05) is 6.08 Å². The monoisotopic (exact) mass is 345 g/mol. The highest BCUT2D eigenvalue weighted by molar-refractivity contribution is 6.23. The van der Waals surface area contributed by atoms with E-state index in [4.69, 9.17) is 5.73 Å². The molecule has 0 bridgehead atoms. The minimum atomic E-state index is -0.887. The van der Waals surface area contributed by atoms with Crippen LogP contribution in [0.25, 0.3) is 0 Å². The molecule has 3 N–H and O–H groups in total. The van der Waals surface area contributed by atoms with Gasteiger partial charge in [0, 0.05) is 12.0 Å². The molecule has 7 heteroatoms. The van der Waals surface area contributed by atoms with Gasteiger partial charge in [0.05, 0.1) is 5.57 Å². The molecule has 0 aromatic carbocycles. The Labute approximate surface area is 146 Å². The summed E-state index contributed by atoms with van der Waals surface area (Å²) in [5.41, 5.74) is 7.41. The second kappa shape index (κ2) is 7.31. The minimum Gasteiger partial charge on any atom is -0.330 e. The molecule has 1 unspecified atom stereocenters. The minimum absolute atomic E-state index is 0.139. The van der Waals surface area contributed by atoms with E-state index in [0.717, 1.165) is 42.6 Å². The van der Waals surface area contributed by atoms with E-state index in [-0.39, 0.29) is 30.6 Å². The number of rotatable bonds is 6. The molecule has 7 nitrogen and oxygen atoms in total. The number of unbranched alkanes of at least 4 members (excludes halogenated alkanes) is 2. The summed E-state index contributed by atoms with van der Waals surface area (Å²) in [7, 11) is 0. The first kappa shape index (κ1) is 17.5. The number of nitrogens with one attached hydrogen (secondary N) is 1. The summed E-state index contributed by atoms with van der Waals surface area (Å²) in [5, 5.41) is 2.22. The lowest BCUT2D eigenvalue weighted by atomic mass is 9.89. The Morgan fingerprint density at radius 3 is 2.60 bits per heavy atom. The van der Waals surface area contributed by atoms with Crippen LogP contribution in [0.4, 0.5) is 0 Å². The van der Waals surface area contributed by atoms with E-state index < -0.39 is 11.9 Å². The third-order valence-electron chi connectivity index (χ3n) is 4.99. The van der Waals surface area contributed by atoms with Crippen molar-refractivity contribution in [3.63, 3.8) is 0 Å². The third kappa shape index (κ3) is 3.28. The topological polar surface area (TPSA) is 110 Å². The molecule has 1 fully saturated rings. The van der Waals surface area contributed by atoms with Crippen molar-refractivity contribution in [2.75, 3.05) is 6.54 Å². The predicted octanol–water partition coefficient (Wildman–Crippen LogP) is 0.696. The van der Waals surface area contributed by atoms with Crippen LogP contribution in [0.1, 0.15) is 51.4 Å². The lowest BCUT2D eigenvalue weighted by Crippen LogP contribution is -2.54. The Bertz CT molecular complexity index is 692. The number of piperidine rings is 1. The number of amides is 4. The maximum atomic E-state index is 12.9. The van der Waals surface area contributed by atoms with Crippen molar-refractivity contribution in [2.24, 2.45) is 5.73 Å². The molecule has 4 amide bonds. The van der Waals surface area contributed by atoms with Gasteiger partial charge in [-0.15, -0.1) is 0 Å². The molecule has 134 valence electrons. The van der Waals surface area contributed by atoms with Gasteiger partial charge in [0.25, 0.3) is 11.8 Å². The zero-order valence-electron chi connectivity index (χ0n) is 14.2. The van der Waals surface area contributed by atoms with Crippen molar-refractivity contribution >= 4 is 23.6 Å². The molecule has 0 aromatic heterocycles. The van der Waals surface area contributed by atoms with Crippen LogP contribution >= 0.6 is 0 Å². The normalized spacial score (nSPS) is 23.8. The SMILES string of the molecule is NCCCCCC1=CCCC2=C1C(=O)N(C1CCC(=O)NC1=O)C2=O. The Morgan fingerprint density at radius 2 is 1.88 bits per heavy atom. The zero-order valence-corrected chi connectivity index (χ0v) is 14.2. The third-order valence-corrected chi connectivity index (χ3v) is 4.99. The van der Waals surface area contributed by atoms with E-state index >= 15 is 0 Å². The molecule has 0 aromatic rings. The van der Waals surface area contributed by atoms with Gasteiger partial charge in [-0.05, 0) is 50.6 Å². The fourth-order valence-corrected chi connectivity index (χ4v) is 3.73. The van der Waals surface area contributed by atoms with Crippen LogP contribution in [0, 0.1) is 0 Å². The zero-order chi connectivity index (χ0) is 18.0. The van der Waals surface area contributed by atoms with E-state index in [1.54, 1.807) is 0 Å². The van der Waals surface area contributed by atoms with Gasteiger partial charge in [-0.1, -0.05) is 12.5 Å². The average molecular weight is 345 g/mol. The second-order valence-electron chi connectivity index (χ2n) is 6.67. The van der Waals surface area contributed by atoms with Crippen LogP contribution < -0.4 is 11.1 Å². The molecule has 1 atom stereocenters. The number of allylic oxidation sites excluding steroid dienone is 1. The Hall–Kier alpha value is -2.28. The van der Waals surface area contributed by atoms with Crippen LogP contribution in [-0.4, -0.2) is 41.1 Å². The first-order valence-electron chi connectivity index (χ1n) is 8.88. The van der Waals surface area contributed by atoms with Gasteiger partial charge in [0.1, 0.15) is 6.04 Å². The number of hydrogen-bond donors (Lipinski definition) is 2. The molecule has 0 saturated carbocycles. The van der Waals surface area contributed by atoms with Crippen LogP contribution in [0.2, 0.25) is 0 Å². The van der Waals surface area contributed by atoms with Gasteiger partial charge < -0.3 is 5.73 Å². The van der Waals surface area contributed by atoms with Gasteiger partial charge >= 0.3 is 0 Å². The van der Waals surface area contributed by atoms with Crippen molar-refractivity contribution in [2.45, 2.75) is 57.4 Å². The molecule has 2 aliphatic heterocycles. The smallest absolute Gasteiger partial charge is 0.262 e. The highest BCUT2D eigenvalue weighted by atomic mass is 16.2. The summed E-state index contributed by atoms with van der Waals surface area (Å²) in [5.74, 6) is -1.69. The number of nitrogens with two attached hydrogens (primary N) is 1. The molecule has 1 saturated heterocycles.